The van der Waals surface area contributed by atoms with Gasteiger partial charge in [0.05, 0.1) is 29.4 Å². The zero-order valence-electron chi connectivity index (χ0n) is 14.6. The molecule has 27 heavy (non-hydrogen) atoms. The number of nitrogens with two attached hydrogens (primary N) is 1. The highest BCUT2D eigenvalue weighted by Gasteiger charge is 2.31. The van der Waals surface area contributed by atoms with E-state index in [1.807, 2.05) is 18.2 Å². The van der Waals surface area contributed by atoms with Crippen LogP contribution in [0, 0.1) is 0 Å². The summed E-state index contributed by atoms with van der Waals surface area (Å²) in [5.41, 5.74) is 11.8. The van der Waals surface area contributed by atoms with Gasteiger partial charge in [-0.2, -0.15) is 0 Å². The lowest BCUT2D eigenvalue weighted by Crippen LogP contribution is -2.17. The number of benzene rings is 1. The Morgan fingerprint density at radius 3 is 2.85 bits per heavy atom. The van der Waals surface area contributed by atoms with Gasteiger partial charge in [-0.05, 0) is 17.7 Å². The molecule has 4 aromatic rings. The van der Waals surface area contributed by atoms with Gasteiger partial charge in [-0.1, -0.05) is 12.1 Å². The highest BCUT2D eigenvalue weighted by atomic mass is 16.5. The maximum absolute atomic E-state index is 6.22. The molecule has 3 heterocycles. The van der Waals surface area contributed by atoms with E-state index in [0.717, 1.165) is 51.2 Å². The Balaban J connectivity index is 1.85. The van der Waals surface area contributed by atoms with Crippen molar-refractivity contribution in [3.8, 4) is 17.0 Å². The lowest BCUT2D eigenvalue weighted by Gasteiger charge is -2.27. The Hall–Kier alpha value is -3.61. The van der Waals surface area contributed by atoms with Gasteiger partial charge >= 0.3 is 0 Å². The largest absolute Gasteiger partial charge is 0.497 e. The molecule has 1 atom stereocenters. The molecule has 1 unspecified atom stereocenters. The molecule has 0 bridgehead atoms. The third-order valence-corrected chi connectivity index (χ3v) is 5.02. The van der Waals surface area contributed by atoms with Crippen LogP contribution in [0.1, 0.15) is 22.7 Å². The Morgan fingerprint density at radius 1 is 1.11 bits per heavy atom. The number of hydrogen-bond donors (Lipinski definition) is 1. The molecular formula is C20H16N6O. The van der Waals surface area contributed by atoms with E-state index < -0.39 is 0 Å². The number of hydrogen-bond acceptors (Lipinski definition) is 7. The minimum absolute atomic E-state index is 0.0306. The minimum atomic E-state index is 0.0306. The molecule has 5 rings (SSSR count). The molecule has 0 saturated carbocycles. The Labute approximate surface area is 155 Å². The third kappa shape index (κ3) is 2.39. The van der Waals surface area contributed by atoms with Gasteiger partial charge in [0.15, 0.2) is 0 Å². The molecule has 2 N–H and O–H groups in total. The second kappa shape index (κ2) is 5.98. The summed E-state index contributed by atoms with van der Waals surface area (Å²) in [5.74, 6) is 1.25. The first-order valence-corrected chi connectivity index (χ1v) is 8.58. The van der Waals surface area contributed by atoms with Crippen LogP contribution >= 0.6 is 0 Å². The third-order valence-electron chi connectivity index (χ3n) is 5.02. The highest BCUT2D eigenvalue weighted by molar-refractivity contribution is 5.95. The van der Waals surface area contributed by atoms with E-state index in [1.165, 1.54) is 0 Å². The van der Waals surface area contributed by atoms with Gasteiger partial charge in [0.1, 0.15) is 24.2 Å². The van der Waals surface area contributed by atoms with Crippen molar-refractivity contribution in [3.63, 3.8) is 0 Å². The van der Waals surface area contributed by atoms with Gasteiger partial charge in [0.25, 0.3) is 0 Å². The van der Waals surface area contributed by atoms with Gasteiger partial charge in [-0.25, -0.2) is 24.9 Å². The number of rotatable bonds is 2. The average Bonchev–Trinajstić information content (AvgIpc) is 2.73. The molecule has 7 heteroatoms. The minimum Gasteiger partial charge on any atom is -0.497 e. The molecule has 7 nitrogen and oxygen atoms in total. The van der Waals surface area contributed by atoms with E-state index in [1.54, 1.807) is 32.2 Å². The lowest BCUT2D eigenvalue weighted by atomic mass is 9.79. The molecule has 0 amide bonds. The molecule has 1 aromatic carbocycles. The SMILES string of the molecule is COc1cccc(C2Cc3ncncc3-c3nc(N)c4cncnc4c32)c1. The summed E-state index contributed by atoms with van der Waals surface area (Å²) >= 11 is 0. The summed E-state index contributed by atoms with van der Waals surface area (Å²) in [4.78, 5) is 22.0. The fraction of sp³-hybridized carbons (Fsp3) is 0.150. The number of pyridine rings is 1. The maximum Gasteiger partial charge on any atom is 0.135 e. The van der Waals surface area contributed by atoms with Crippen molar-refractivity contribution in [3.05, 3.63) is 66.1 Å². The first-order valence-electron chi connectivity index (χ1n) is 8.58. The van der Waals surface area contributed by atoms with Crippen molar-refractivity contribution in [1.29, 1.82) is 0 Å². The van der Waals surface area contributed by atoms with Gasteiger partial charge in [-0.3, -0.25) is 0 Å². The van der Waals surface area contributed by atoms with Gasteiger partial charge in [0.2, 0.25) is 0 Å². The predicted molar refractivity (Wildman–Crippen MR) is 101 cm³/mol. The lowest BCUT2D eigenvalue weighted by molar-refractivity contribution is 0.414. The molecule has 1 aliphatic rings. The van der Waals surface area contributed by atoms with Crippen molar-refractivity contribution in [2.75, 3.05) is 12.8 Å². The van der Waals surface area contributed by atoms with E-state index >= 15 is 0 Å². The van der Waals surface area contributed by atoms with Crippen LogP contribution in [-0.4, -0.2) is 32.0 Å². The second-order valence-corrected chi connectivity index (χ2v) is 6.46. The van der Waals surface area contributed by atoms with Crippen LogP contribution in [0.15, 0.2) is 49.3 Å². The normalized spacial score (nSPS) is 15.2. The van der Waals surface area contributed by atoms with Crippen LogP contribution in [0.3, 0.4) is 0 Å². The van der Waals surface area contributed by atoms with Crippen LogP contribution in [0.25, 0.3) is 22.2 Å². The van der Waals surface area contributed by atoms with Crippen molar-refractivity contribution in [1.82, 2.24) is 24.9 Å². The molecule has 0 fully saturated rings. The van der Waals surface area contributed by atoms with E-state index in [2.05, 4.69) is 31.0 Å². The van der Waals surface area contributed by atoms with Crippen LogP contribution in [-0.2, 0) is 6.42 Å². The van der Waals surface area contributed by atoms with Gasteiger partial charge in [-0.15, -0.1) is 0 Å². The van der Waals surface area contributed by atoms with Crippen LogP contribution < -0.4 is 10.5 Å². The Kier molecular flexibility index (Phi) is 3.46. The maximum atomic E-state index is 6.22. The number of anilines is 1. The van der Waals surface area contributed by atoms with Crippen molar-refractivity contribution in [2.24, 2.45) is 0 Å². The van der Waals surface area contributed by atoms with Gasteiger partial charge in [0, 0.05) is 35.9 Å². The predicted octanol–water partition coefficient (Wildman–Crippen LogP) is 2.76. The standard InChI is InChI=1S/C20H16N6O/c1-27-12-4-2-3-11(5-12)13-6-16-14(7-22-9-24-16)19-17(13)18-15(20(21)26-19)8-23-10-25-18/h2-5,7-10,13H,6H2,1H3,(H2,21,26). The van der Waals surface area contributed by atoms with E-state index in [-0.39, 0.29) is 5.92 Å². The summed E-state index contributed by atoms with van der Waals surface area (Å²) in [5, 5.41) is 0.754. The molecule has 0 aliphatic heterocycles. The fourth-order valence-electron chi connectivity index (χ4n) is 3.77. The number of methoxy groups -OCH3 is 1. The molecule has 132 valence electrons. The van der Waals surface area contributed by atoms with E-state index in [0.29, 0.717) is 5.82 Å². The second-order valence-electron chi connectivity index (χ2n) is 6.46. The first-order chi connectivity index (χ1) is 13.3. The van der Waals surface area contributed by atoms with Gasteiger partial charge < -0.3 is 10.5 Å². The smallest absolute Gasteiger partial charge is 0.135 e. The molecule has 0 spiro atoms. The summed E-state index contributed by atoms with van der Waals surface area (Å²) in [6, 6.07) is 8.06. The summed E-state index contributed by atoms with van der Waals surface area (Å²) in [7, 11) is 1.67. The summed E-state index contributed by atoms with van der Waals surface area (Å²) in [6.45, 7) is 0. The average molecular weight is 356 g/mol. The monoisotopic (exact) mass is 356 g/mol. The molecule has 3 aromatic heterocycles. The van der Waals surface area contributed by atoms with E-state index in [9.17, 15) is 0 Å². The van der Waals surface area contributed by atoms with Crippen molar-refractivity contribution in [2.45, 2.75) is 12.3 Å². The molecule has 1 aliphatic carbocycles. The topological polar surface area (TPSA) is 99.7 Å². The number of nitrogen functional groups attached to an aromatic ring is 1. The van der Waals surface area contributed by atoms with Crippen LogP contribution in [0.2, 0.25) is 0 Å². The molecular weight excluding hydrogens is 340 g/mol. The zero-order chi connectivity index (χ0) is 18.4. The highest BCUT2D eigenvalue weighted by Crippen LogP contribution is 2.44. The Morgan fingerprint density at radius 2 is 1.96 bits per heavy atom. The van der Waals surface area contributed by atoms with Crippen LogP contribution in [0.4, 0.5) is 5.82 Å². The summed E-state index contributed by atoms with van der Waals surface area (Å²) < 4.78 is 5.42. The Bertz CT molecular complexity index is 1180. The van der Waals surface area contributed by atoms with Crippen molar-refractivity contribution < 1.29 is 4.74 Å². The fourth-order valence-corrected chi connectivity index (χ4v) is 3.77. The number of fused-ring (bicyclic) bond motifs is 5. The molecule has 0 radical (unpaired) electrons. The number of ether oxygens (including phenoxy) is 1. The van der Waals surface area contributed by atoms with Crippen molar-refractivity contribution >= 4 is 16.7 Å². The molecule has 0 saturated heterocycles. The quantitative estimate of drug-likeness (QED) is 0.589. The number of nitrogens with zero attached hydrogens (tertiary/aromatic N) is 5. The van der Waals surface area contributed by atoms with E-state index in [4.69, 9.17) is 10.5 Å². The first kappa shape index (κ1) is 15.6. The summed E-state index contributed by atoms with van der Waals surface area (Å²) in [6.07, 6.45) is 7.34. The number of aromatic nitrogens is 5. The van der Waals surface area contributed by atoms with Crippen LogP contribution in [0.5, 0.6) is 5.75 Å². The zero-order valence-corrected chi connectivity index (χ0v) is 14.6.